The summed E-state index contributed by atoms with van der Waals surface area (Å²) in [5.74, 6) is -0.361. The van der Waals surface area contributed by atoms with Crippen molar-refractivity contribution in [3.05, 3.63) is 76.3 Å². The fourth-order valence-corrected chi connectivity index (χ4v) is 5.64. The Morgan fingerprint density at radius 3 is 2.37 bits per heavy atom. The van der Waals surface area contributed by atoms with Gasteiger partial charge in [-0.2, -0.15) is 0 Å². The van der Waals surface area contributed by atoms with Gasteiger partial charge < -0.3 is 16.0 Å². The van der Waals surface area contributed by atoms with Crippen molar-refractivity contribution in [2.24, 2.45) is 5.73 Å². The smallest absolute Gasteiger partial charge is 0.251 e. The summed E-state index contributed by atoms with van der Waals surface area (Å²) in [5.41, 5.74) is 12.0. The van der Waals surface area contributed by atoms with Crippen LogP contribution < -0.4 is 16.0 Å². The standard InChI is InChI=1S/C30H32ClN3O/c1-3-4-10-23-24-17-20-8-5-6-9-21(20)18-25(24)27(22-11-7-12-26(31)19(22)2)29(28(23)30(32)35)34-15-13-33-14-16-34/h5-9,11-12,17-18,33H,3-4,10,13-16H2,1-2H3,(H2,32,35). The molecule has 3 N–H and O–H groups in total. The molecule has 1 saturated heterocycles. The molecule has 0 atom stereocenters. The lowest BCUT2D eigenvalue weighted by molar-refractivity contribution is 0.1000. The molecule has 0 unspecified atom stereocenters. The lowest BCUT2D eigenvalue weighted by atomic mass is 9.84. The highest BCUT2D eigenvalue weighted by Gasteiger charge is 2.28. The first-order valence-corrected chi connectivity index (χ1v) is 12.9. The van der Waals surface area contributed by atoms with Crippen LogP contribution in [0.1, 0.15) is 41.3 Å². The lowest BCUT2D eigenvalue weighted by Gasteiger charge is -2.35. The van der Waals surface area contributed by atoms with E-state index in [9.17, 15) is 4.79 Å². The van der Waals surface area contributed by atoms with Gasteiger partial charge in [-0.15, -0.1) is 0 Å². The number of anilines is 1. The van der Waals surface area contributed by atoms with Crippen molar-refractivity contribution in [2.45, 2.75) is 33.1 Å². The van der Waals surface area contributed by atoms with Gasteiger partial charge in [0, 0.05) is 36.8 Å². The molecule has 1 heterocycles. The molecule has 4 nitrogen and oxygen atoms in total. The molecular formula is C30H32ClN3O. The van der Waals surface area contributed by atoms with E-state index in [2.05, 4.69) is 66.5 Å². The molecule has 4 aromatic rings. The van der Waals surface area contributed by atoms with Crippen molar-refractivity contribution in [1.29, 1.82) is 0 Å². The van der Waals surface area contributed by atoms with Gasteiger partial charge in [0.15, 0.2) is 0 Å². The van der Waals surface area contributed by atoms with Gasteiger partial charge in [0.05, 0.1) is 11.3 Å². The summed E-state index contributed by atoms with van der Waals surface area (Å²) in [7, 11) is 0. The monoisotopic (exact) mass is 485 g/mol. The number of carbonyl (C=O) groups is 1. The number of nitrogens with one attached hydrogen (secondary N) is 1. The Balaban J connectivity index is 2.00. The number of aryl methyl sites for hydroxylation is 1. The number of unbranched alkanes of at least 4 members (excludes halogenated alkanes) is 1. The Morgan fingerprint density at radius 1 is 1.03 bits per heavy atom. The van der Waals surface area contributed by atoms with E-state index in [-0.39, 0.29) is 5.91 Å². The topological polar surface area (TPSA) is 58.4 Å². The van der Waals surface area contributed by atoms with Gasteiger partial charge in [-0.3, -0.25) is 4.79 Å². The minimum Gasteiger partial charge on any atom is -0.368 e. The molecule has 0 radical (unpaired) electrons. The number of piperazine rings is 1. The maximum Gasteiger partial charge on any atom is 0.251 e. The van der Waals surface area contributed by atoms with Crippen LogP contribution in [-0.4, -0.2) is 32.1 Å². The molecule has 0 aliphatic carbocycles. The normalized spacial score (nSPS) is 14.1. The number of hydrogen-bond donors (Lipinski definition) is 2. The fourth-order valence-electron chi connectivity index (χ4n) is 5.46. The minimum atomic E-state index is -0.361. The van der Waals surface area contributed by atoms with Crippen LogP contribution in [0.5, 0.6) is 0 Å². The SMILES string of the molecule is CCCCc1c(C(N)=O)c(N2CCNCC2)c(-c2cccc(Cl)c2C)c2cc3ccccc3cc12. The van der Waals surface area contributed by atoms with Gasteiger partial charge in [0.2, 0.25) is 0 Å². The van der Waals surface area contributed by atoms with Gasteiger partial charge in [0.25, 0.3) is 5.91 Å². The molecule has 5 heteroatoms. The molecule has 0 aromatic heterocycles. The Kier molecular flexibility index (Phi) is 6.68. The number of fused-ring (bicyclic) bond motifs is 2. The molecule has 4 aromatic carbocycles. The van der Waals surface area contributed by atoms with Gasteiger partial charge in [-0.05, 0) is 76.2 Å². The number of nitrogens with zero attached hydrogens (tertiary/aromatic N) is 1. The van der Waals surface area contributed by atoms with E-state index < -0.39 is 0 Å². The zero-order valence-corrected chi connectivity index (χ0v) is 21.2. The van der Waals surface area contributed by atoms with Gasteiger partial charge in [-0.1, -0.05) is 61.3 Å². The molecule has 35 heavy (non-hydrogen) atoms. The van der Waals surface area contributed by atoms with Gasteiger partial charge >= 0.3 is 0 Å². The number of benzene rings is 4. The zero-order valence-electron chi connectivity index (χ0n) is 20.5. The maximum absolute atomic E-state index is 13.2. The summed E-state index contributed by atoms with van der Waals surface area (Å²) in [5, 5.41) is 8.77. The van der Waals surface area contributed by atoms with E-state index in [1.54, 1.807) is 0 Å². The number of amides is 1. The van der Waals surface area contributed by atoms with E-state index >= 15 is 0 Å². The number of primary amides is 1. The largest absolute Gasteiger partial charge is 0.368 e. The van der Waals surface area contributed by atoms with Gasteiger partial charge in [-0.25, -0.2) is 0 Å². The molecule has 1 aliphatic heterocycles. The average Bonchev–Trinajstić information content (AvgIpc) is 2.87. The van der Waals surface area contributed by atoms with E-state index in [0.29, 0.717) is 5.56 Å². The van der Waals surface area contributed by atoms with Crippen LogP contribution in [0.15, 0.2) is 54.6 Å². The molecule has 5 rings (SSSR count). The molecule has 0 saturated carbocycles. The zero-order chi connectivity index (χ0) is 24.5. The Labute approximate surface area is 212 Å². The van der Waals surface area contributed by atoms with E-state index in [1.165, 1.54) is 5.39 Å². The van der Waals surface area contributed by atoms with E-state index in [4.69, 9.17) is 17.3 Å². The maximum atomic E-state index is 13.2. The van der Waals surface area contributed by atoms with Crippen LogP contribution in [0, 0.1) is 6.92 Å². The van der Waals surface area contributed by atoms with Crippen molar-refractivity contribution in [3.8, 4) is 11.1 Å². The quantitative estimate of drug-likeness (QED) is 0.307. The second kappa shape index (κ2) is 9.88. The van der Waals surface area contributed by atoms with Crippen molar-refractivity contribution in [2.75, 3.05) is 31.1 Å². The van der Waals surface area contributed by atoms with E-state index in [0.717, 1.165) is 94.6 Å². The van der Waals surface area contributed by atoms with E-state index in [1.807, 2.05) is 12.1 Å². The second-order valence-corrected chi connectivity index (χ2v) is 9.85. The summed E-state index contributed by atoms with van der Waals surface area (Å²) in [6.45, 7) is 7.61. The summed E-state index contributed by atoms with van der Waals surface area (Å²) in [6.07, 6.45) is 2.86. The molecule has 0 spiro atoms. The first-order chi connectivity index (χ1) is 17.0. The molecule has 180 valence electrons. The highest BCUT2D eigenvalue weighted by Crippen LogP contribution is 2.46. The third kappa shape index (κ3) is 4.26. The van der Waals surface area contributed by atoms with Crippen LogP contribution >= 0.6 is 11.6 Å². The third-order valence-electron chi connectivity index (χ3n) is 7.25. The van der Waals surface area contributed by atoms with Crippen LogP contribution in [-0.2, 0) is 6.42 Å². The molecule has 0 bridgehead atoms. The molecular weight excluding hydrogens is 454 g/mol. The second-order valence-electron chi connectivity index (χ2n) is 9.44. The Bertz CT molecular complexity index is 1420. The summed E-state index contributed by atoms with van der Waals surface area (Å²) >= 11 is 6.63. The van der Waals surface area contributed by atoms with Crippen molar-refractivity contribution in [3.63, 3.8) is 0 Å². The fraction of sp³-hybridized carbons (Fsp3) is 0.300. The Morgan fingerprint density at radius 2 is 1.71 bits per heavy atom. The first-order valence-electron chi connectivity index (χ1n) is 12.5. The van der Waals surface area contributed by atoms with Crippen LogP contribution in [0.4, 0.5) is 5.69 Å². The third-order valence-corrected chi connectivity index (χ3v) is 7.66. The predicted molar refractivity (Wildman–Crippen MR) is 149 cm³/mol. The van der Waals surface area contributed by atoms with Crippen LogP contribution in [0.25, 0.3) is 32.7 Å². The number of rotatable bonds is 6. The highest BCUT2D eigenvalue weighted by atomic mass is 35.5. The Hall–Kier alpha value is -3.08. The summed E-state index contributed by atoms with van der Waals surface area (Å²) in [6, 6.07) is 19.0. The van der Waals surface area contributed by atoms with Crippen molar-refractivity contribution in [1.82, 2.24) is 5.32 Å². The lowest BCUT2D eigenvalue weighted by Crippen LogP contribution is -2.44. The molecule has 1 amide bonds. The molecule has 1 aliphatic rings. The average molecular weight is 486 g/mol. The summed E-state index contributed by atoms with van der Waals surface area (Å²) in [4.78, 5) is 15.6. The van der Waals surface area contributed by atoms with Crippen molar-refractivity contribution >= 4 is 44.7 Å². The first kappa shape index (κ1) is 23.7. The summed E-state index contributed by atoms with van der Waals surface area (Å²) < 4.78 is 0. The van der Waals surface area contributed by atoms with Gasteiger partial charge in [0.1, 0.15) is 0 Å². The number of hydrogen-bond acceptors (Lipinski definition) is 3. The van der Waals surface area contributed by atoms with Crippen LogP contribution in [0.2, 0.25) is 5.02 Å². The number of carbonyl (C=O) groups excluding carboxylic acids is 1. The molecule has 1 fully saturated rings. The predicted octanol–water partition coefficient (Wildman–Crippen LogP) is 6.47. The van der Waals surface area contributed by atoms with Crippen LogP contribution in [0.3, 0.4) is 0 Å². The number of halogens is 1. The number of nitrogens with two attached hydrogens (primary N) is 1. The van der Waals surface area contributed by atoms with Crippen molar-refractivity contribution < 1.29 is 4.79 Å². The minimum absolute atomic E-state index is 0.361. The highest BCUT2D eigenvalue weighted by molar-refractivity contribution is 6.32.